The van der Waals surface area contributed by atoms with Crippen LogP contribution in [0.25, 0.3) is 33.2 Å². The average Bonchev–Trinajstić information content (AvgIpc) is 3.64. The molecule has 6 heteroatoms. The first kappa shape index (κ1) is 27.0. The SMILES string of the molecule is C[N+]1=CN(c2cccc(Oc3cc(-n4cc[n+](C)c4)cc(-n4c5ccccc5c5ccccc54)c3)c2)c2ccccc2C1(C)C. The third-order valence-corrected chi connectivity index (χ3v) is 9.11. The van der Waals surface area contributed by atoms with E-state index < -0.39 is 0 Å². The van der Waals surface area contributed by atoms with Gasteiger partial charge in [0.15, 0.2) is 0 Å². The van der Waals surface area contributed by atoms with Gasteiger partial charge in [-0.15, -0.1) is 0 Å². The van der Waals surface area contributed by atoms with E-state index in [0.717, 1.165) is 39.6 Å². The van der Waals surface area contributed by atoms with Crippen LogP contribution in [0.15, 0.2) is 134 Å². The van der Waals surface area contributed by atoms with E-state index in [9.17, 15) is 0 Å². The zero-order chi connectivity index (χ0) is 30.7. The van der Waals surface area contributed by atoms with Gasteiger partial charge in [0.25, 0.3) is 0 Å². The highest BCUT2D eigenvalue weighted by atomic mass is 16.5. The van der Waals surface area contributed by atoms with Crippen molar-refractivity contribution in [3.05, 3.63) is 140 Å². The fourth-order valence-electron chi connectivity index (χ4n) is 6.52. The summed E-state index contributed by atoms with van der Waals surface area (Å²) >= 11 is 0. The Bertz CT molecular complexity index is 2220. The fourth-order valence-corrected chi connectivity index (χ4v) is 6.52. The van der Waals surface area contributed by atoms with Crippen molar-refractivity contribution in [2.75, 3.05) is 11.9 Å². The van der Waals surface area contributed by atoms with Crippen LogP contribution < -0.4 is 14.2 Å². The van der Waals surface area contributed by atoms with E-state index >= 15 is 0 Å². The lowest BCUT2D eigenvalue weighted by Crippen LogP contribution is -2.41. The van der Waals surface area contributed by atoms with Crippen LogP contribution in [0, 0.1) is 0 Å². The van der Waals surface area contributed by atoms with Crippen LogP contribution in [0.2, 0.25) is 0 Å². The predicted octanol–water partition coefficient (Wildman–Crippen LogP) is 8.25. The summed E-state index contributed by atoms with van der Waals surface area (Å²) in [7, 11) is 4.16. The molecule has 0 N–H and O–H groups in total. The van der Waals surface area contributed by atoms with Gasteiger partial charge in [-0.05, 0) is 44.2 Å². The molecule has 0 unspecified atom stereocenters. The van der Waals surface area contributed by atoms with Crippen LogP contribution in [0.3, 0.4) is 0 Å². The standard InChI is InChI=1S/C39H35N5O/c1-39(2)35-16-7-10-19-38(35)43(27-41(39)4)28-12-11-13-31(23-28)45-32-24-29(42-21-20-40(3)26-42)22-30(25-32)44-36-17-8-5-14-33(36)34-15-6-9-18-37(34)44/h5-27H,1-4H3/q+2. The number of benzene rings is 5. The number of aryl methyl sites for hydroxylation is 1. The van der Waals surface area contributed by atoms with Crippen LogP contribution in [0.1, 0.15) is 19.4 Å². The first-order chi connectivity index (χ1) is 21.9. The number of hydrogen-bond acceptors (Lipinski definition) is 2. The number of para-hydroxylation sites is 3. The van der Waals surface area contributed by atoms with E-state index in [0.29, 0.717) is 0 Å². The van der Waals surface area contributed by atoms with Crippen molar-refractivity contribution in [2.45, 2.75) is 19.4 Å². The summed E-state index contributed by atoms with van der Waals surface area (Å²) in [6, 6.07) is 40.6. The molecule has 8 rings (SSSR count). The third-order valence-electron chi connectivity index (χ3n) is 9.11. The number of aromatic nitrogens is 3. The van der Waals surface area contributed by atoms with Crippen molar-refractivity contribution in [1.29, 1.82) is 0 Å². The van der Waals surface area contributed by atoms with Gasteiger partial charge < -0.3 is 9.30 Å². The minimum atomic E-state index is -0.111. The van der Waals surface area contributed by atoms with E-state index in [2.05, 4.69) is 168 Å². The van der Waals surface area contributed by atoms with Crippen LogP contribution in [-0.2, 0) is 12.6 Å². The van der Waals surface area contributed by atoms with Gasteiger partial charge in [0, 0.05) is 40.6 Å². The van der Waals surface area contributed by atoms with Crippen molar-refractivity contribution < 1.29 is 13.9 Å². The molecular weight excluding hydrogens is 554 g/mol. The number of fused-ring (bicyclic) bond motifs is 4. The monoisotopic (exact) mass is 589 g/mol. The molecule has 45 heavy (non-hydrogen) atoms. The van der Waals surface area contributed by atoms with Crippen molar-refractivity contribution in [2.24, 2.45) is 7.05 Å². The molecule has 3 heterocycles. The molecule has 5 aromatic carbocycles. The van der Waals surface area contributed by atoms with Gasteiger partial charge in [-0.1, -0.05) is 60.7 Å². The maximum absolute atomic E-state index is 6.71. The lowest BCUT2D eigenvalue weighted by molar-refractivity contribution is -0.670. The summed E-state index contributed by atoms with van der Waals surface area (Å²) in [6.45, 7) is 4.51. The molecule has 0 radical (unpaired) electrons. The summed E-state index contributed by atoms with van der Waals surface area (Å²) < 4.78 is 15.5. The molecule has 6 nitrogen and oxygen atoms in total. The molecule has 0 fully saturated rings. The van der Waals surface area contributed by atoms with E-state index in [1.807, 2.05) is 23.9 Å². The Kier molecular flexibility index (Phi) is 6.13. The van der Waals surface area contributed by atoms with Gasteiger partial charge in [0.1, 0.15) is 46.5 Å². The predicted molar refractivity (Wildman–Crippen MR) is 182 cm³/mol. The van der Waals surface area contributed by atoms with Gasteiger partial charge >= 0.3 is 0 Å². The van der Waals surface area contributed by atoms with Crippen LogP contribution in [0.4, 0.5) is 11.4 Å². The molecule has 2 aromatic heterocycles. The molecule has 0 saturated heterocycles. The van der Waals surface area contributed by atoms with Crippen molar-refractivity contribution in [3.8, 4) is 22.9 Å². The smallest absolute Gasteiger partial charge is 0.248 e. The van der Waals surface area contributed by atoms with Gasteiger partial charge in [-0.2, -0.15) is 4.90 Å². The molecule has 0 atom stereocenters. The fraction of sp³-hybridized carbons (Fsp3) is 0.128. The van der Waals surface area contributed by atoms with E-state index in [4.69, 9.17) is 4.74 Å². The van der Waals surface area contributed by atoms with Gasteiger partial charge in [-0.25, -0.2) is 9.13 Å². The quantitative estimate of drug-likeness (QED) is 0.189. The molecule has 0 bridgehead atoms. The van der Waals surface area contributed by atoms with Gasteiger partial charge in [-0.3, -0.25) is 4.58 Å². The number of anilines is 2. The summed E-state index contributed by atoms with van der Waals surface area (Å²) in [4.78, 5) is 2.24. The first-order valence-corrected chi connectivity index (χ1v) is 15.3. The van der Waals surface area contributed by atoms with Crippen molar-refractivity contribution in [3.63, 3.8) is 0 Å². The van der Waals surface area contributed by atoms with Crippen molar-refractivity contribution >= 4 is 39.5 Å². The number of hydrogen-bond donors (Lipinski definition) is 0. The number of rotatable bonds is 5. The minimum absolute atomic E-state index is 0.111. The Morgan fingerprint density at radius 1 is 0.644 bits per heavy atom. The molecule has 0 amide bonds. The summed E-state index contributed by atoms with van der Waals surface area (Å²) in [5, 5.41) is 2.46. The van der Waals surface area contributed by atoms with E-state index in [1.165, 1.54) is 22.0 Å². The summed E-state index contributed by atoms with van der Waals surface area (Å²) in [6.07, 6.45) is 8.35. The average molecular weight is 590 g/mol. The Morgan fingerprint density at radius 2 is 1.31 bits per heavy atom. The molecule has 220 valence electrons. The number of imidazole rings is 1. The van der Waals surface area contributed by atoms with Crippen LogP contribution in [-0.4, -0.2) is 27.1 Å². The first-order valence-electron chi connectivity index (χ1n) is 15.3. The third kappa shape index (κ3) is 4.49. The van der Waals surface area contributed by atoms with Crippen LogP contribution >= 0.6 is 0 Å². The maximum atomic E-state index is 6.71. The second-order valence-corrected chi connectivity index (χ2v) is 12.3. The van der Waals surface area contributed by atoms with Crippen LogP contribution in [0.5, 0.6) is 11.5 Å². The lowest BCUT2D eigenvalue weighted by atomic mass is 9.90. The van der Waals surface area contributed by atoms with Gasteiger partial charge in [0.05, 0.1) is 30.8 Å². The largest absolute Gasteiger partial charge is 0.457 e. The van der Waals surface area contributed by atoms with Crippen molar-refractivity contribution in [1.82, 2.24) is 9.13 Å². The topological polar surface area (TPSA) is 29.2 Å². The lowest BCUT2D eigenvalue weighted by Gasteiger charge is -2.33. The zero-order valence-electron chi connectivity index (χ0n) is 25.9. The normalized spacial score (nSPS) is 14.0. The Morgan fingerprint density at radius 3 is 2.04 bits per heavy atom. The highest BCUT2D eigenvalue weighted by molar-refractivity contribution is 6.09. The second-order valence-electron chi connectivity index (χ2n) is 12.3. The molecule has 7 aromatic rings. The molecule has 1 aliphatic heterocycles. The summed E-state index contributed by atoms with van der Waals surface area (Å²) in [5.74, 6) is 1.54. The van der Waals surface area contributed by atoms with Gasteiger partial charge in [0.2, 0.25) is 12.7 Å². The molecule has 0 spiro atoms. The van der Waals surface area contributed by atoms with E-state index in [1.54, 1.807) is 0 Å². The molecular formula is C39H35N5O+2. The highest BCUT2D eigenvalue weighted by Crippen LogP contribution is 2.40. The molecule has 0 aliphatic carbocycles. The van der Waals surface area contributed by atoms with E-state index in [-0.39, 0.29) is 5.54 Å². The highest BCUT2D eigenvalue weighted by Gasteiger charge is 2.37. The molecule has 1 aliphatic rings. The summed E-state index contributed by atoms with van der Waals surface area (Å²) in [5.41, 5.74) is 7.76. The number of nitrogens with zero attached hydrogens (tertiary/aromatic N) is 5. The number of ether oxygens (including phenoxy) is 1. The maximum Gasteiger partial charge on any atom is 0.248 e. The Hall–Kier alpha value is -5.62. The molecule has 0 saturated carbocycles. The Balaban J connectivity index is 1.25. The Labute approximate surface area is 262 Å². The zero-order valence-corrected chi connectivity index (χ0v) is 25.9. The second kappa shape index (κ2) is 10.2. The minimum Gasteiger partial charge on any atom is -0.457 e.